The van der Waals surface area contributed by atoms with Gasteiger partial charge in [-0.1, -0.05) is 68.8 Å². The molecular weight excluding hydrogens is 396 g/mol. The number of thiazole rings is 1. The number of carbonyl (C=O) groups excluding carboxylic acids is 1. The molecule has 0 aliphatic carbocycles. The van der Waals surface area contributed by atoms with E-state index in [9.17, 15) is 4.79 Å². The summed E-state index contributed by atoms with van der Waals surface area (Å²) in [4.78, 5) is 17.6. The first-order chi connectivity index (χ1) is 14.3. The number of aromatic nitrogens is 3. The molecule has 154 valence electrons. The summed E-state index contributed by atoms with van der Waals surface area (Å²) in [6, 6.07) is 16.0. The highest BCUT2D eigenvalue weighted by molar-refractivity contribution is 7.15. The number of nitrogens with zero attached hydrogens (tertiary/aromatic N) is 3. The van der Waals surface area contributed by atoms with E-state index in [4.69, 9.17) is 4.74 Å². The first kappa shape index (κ1) is 20.1. The number of hydrogen-bond acceptors (Lipinski definition) is 5. The largest absolute Gasteiger partial charge is 0.483 e. The molecule has 30 heavy (non-hydrogen) atoms. The summed E-state index contributed by atoms with van der Waals surface area (Å²) < 4.78 is 7.57. The molecule has 4 rings (SSSR count). The molecule has 7 heteroatoms. The van der Waals surface area contributed by atoms with Crippen molar-refractivity contribution in [3.05, 3.63) is 65.0 Å². The Balaban J connectivity index is 1.47. The number of rotatable bonds is 5. The summed E-state index contributed by atoms with van der Waals surface area (Å²) in [7, 11) is 0. The molecule has 1 amide bonds. The van der Waals surface area contributed by atoms with Gasteiger partial charge in [0.1, 0.15) is 5.75 Å². The molecule has 0 aliphatic rings. The van der Waals surface area contributed by atoms with E-state index in [1.165, 1.54) is 11.3 Å². The summed E-state index contributed by atoms with van der Waals surface area (Å²) in [5.41, 5.74) is 4.14. The van der Waals surface area contributed by atoms with Crippen molar-refractivity contribution < 1.29 is 9.53 Å². The van der Waals surface area contributed by atoms with Gasteiger partial charge in [-0.2, -0.15) is 4.98 Å². The molecule has 0 unspecified atom stereocenters. The van der Waals surface area contributed by atoms with E-state index >= 15 is 0 Å². The van der Waals surface area contributed by atoms with Crippen molar-refractivity contribution in [2.45, 2.75) is 33.1 Å². The fourth-order valence-electron chi connectivity index (χ4n) is 3.20. The highest BCUT2D eigenvalue weighted by Gasteiger charge is 2.20. The van der Waals surface area contributed by atoms with Crippen LogP contribution < -0.4 is 10.1 Å². The van der Waals surface area contributed by atoms with Crippen LogP contribution in [0.25, 0.3) is 16.2 Å². The molecule has 0 radical (unpaired) electrons. The molecule has 0 atom stereocenters. The molecule has 2 heterocycles. The molecule has 6 nitrogen and oxygen atoms in total. The molecular formula is C23H24N4O2S. The number of ether oxygens (including phenoxy) is 1. The zero-order valence-electron chi connectivity index (χ0n) is 17.5. The Labute approximate surface area is 179 Å². The number of amides is 1. The molecule has 4 aromatic rings. The van der Waals surface area contributed by atoms with Gasteiger partial charge in [0, 0.05) is 10.9 Å². The van der Waals surface area contributed by atoms with Gasteiger partial charge in [-0.15, -0.1) is 16.4 Å². The predicted octanol–water partition coefficient (Wildman–Crippen LogP) is 5.08. The monoisotopic (exact) mass is 420 g/mol. The minimum atomic E-state index is -0.296. The van der Waals surface area contributed by atoms with Crippen molar-refractivity contribution in [2.75, 3.05) is 11.9 Å². The van der Waals surface area contributed by atoms with Gasteiger partial charge >= 0.3 is 0 Å². The Morgan fingerprint density at radius 3 is 2.67 bits per heavy atom. The predicted molar refractivity (Wildman–Crippen MR) is 120 cm³/mol. The van der Waals surface area contributed by atoms with Gasteiger partial charge < -0.3 is 4.74 Å². The lowest BCUT2D eigenvalue weighted by Crippen LogP contribution is -2.22. The highest BCUT2D eigenvalue weighted by atomic mass is 32.1. The first-order valence-electron chi connectivity index (χ1n) is 9.75. The summed E-state index contributed by atoms with van der Waals surface area (Å²) in [6.07, 6.45) is 0. The van der Waals surface area contributed by atoms with Gasteiger partial charge in [-0.05, 0) is 24.0 Å². The van der Waals surface area contributed by atoms with E-state index < -0.39 is 0 Å². The second-order valence-corrected chi connectivity index (χ2v) is 9.04. The fraction of sp³-hybridized carbons (Fsp3) is 0.261. The summed E-state index contributed by atoms with van der Waals surface area (Å²) in [5.74, 6) is 0.691. The van der Waals surface area contributed by atoms with Crippen LogP contribution in [-0.2, 0) is 10.2 Å². The molecule has 2 aromatic heterocycles. The van der Waals surface area contributed by atoms with E-state index in [-0.39, 0.29) is 23.9 Å². The number of benzene rings is 2. The molecule has 0 spiro atoms. The average molecular weight is 421 g/mol. The summed E-state index contributed by atoms with van der Waals surface area (Å²) in [6.45, 7) is 8.32. The summed E-state index contributed by atoms with van der Waals surface area (Å²) in [5, 5.41) is 9.18. The van der Waals surface area contributed by atoms with Gasteiger partial charge in [0.2, 0.25) is 4.96 Å². The lowest BCUT2D eigenvalue weighted by atomic mass is 9.85. The van der Waals surface area contributed by atoms with Gasteiger partial charge in [-0.25, -0.2) is 4.52 Å². The highest BCUT2D eigenvalue weighted by Crippen LogP contribution is 2.32. The van der Waals surface area contributed by atoms with E-state index in [0.717, 1.165) is 27.3 Å². The van der Waals surface area contributed by atoms with Crippen LogP contribution >= 0.6 is 11.3 Å². The molecule has 1 N–H and O–H groups in total. The van der Waals surface area contributed by atoms with Crippen LogP contribution in [0.1, 0.15) is 31.9 Å². The SMILES string of the molecule is Cc1ccc(OCC(=O)Nc2nc3scc(-c4ccccc4)n3n2)c(C(C)(C)C)c1. The van der Waals surface area contributed by atoms with Crippen molar-refractivity contribution in [1.82, 2.24) is 14.6 Å². The number of aryl methyl sites for hydroxylation is 1. The van der Waals surface area contributed by atoms with Crippen LogP contribution in [0.3, 0.4) is 0 Å². The lowest BCUT2D eigenvalue weighted by Gasteiger charge is -2.23. The standard InChI is InChI=1S/C23H24N4O2S/c1-15-10-11-19(17(12-15)23(2,3)4)29-13-20(28)24-21-25-22-27(26-21)18(14-30-22)16-8-6-5-7-9-16/h5-12,14H,13H2,1-4H3,(H,24,26,28). The molecule has 0 saturated heterocycles. The molecule has 0 bridgehead atoms. The number of fused-ring (bicyclic) bond motifs is 1. The Morgan fingerprint density at radius 1 is 1.17 bits per heavy atom. The third kappa shape index (κ3) is 4.21. The smallest absolute Gasteiger partial charge is 0.264 e. The van der Waals surface area contributed by atoms with E-state index in [2.05, 4.69) is 42.2 Å². The van der Waals surface area contributed by atoms with Crippen LogP contribution in [-0.4, -0.2) is 27.1 Å². The van der Waals surface area contributed by atoms with Crippen LogP contribution in [0, 0.1) is 6.92 Å². The lowest BCUT2D eigenvalue weighted by molar-refractivity contribution is -0.118. The van der Waals surface area contributed by atoms with Gasteiger partial charge in [0.05, 0.1) is 5.69 Å². The van der Waals surface area contributed by atoms with E-state index in [1.54, 1.807) is 4.52 Å². The molecule has 0 saturated carbocycles. The van der Waals surface area contributed by atoms with E-state index in [1.807, 2.05) is 54.8 Å². The average Bonchev–Trinajstić information content (AvgIpc) is 3.27. The van der Waals surface area contributed by atoms with Crippen LogP contribution in [0.4, 0.5) is 5.95 Å². The Kier molecular flexibility index (Phi) is 5.30. The Morgan fingerprint density at radius 2 is 1.93 bits per heavy atom. The number of hydrogen-bond donors (Lipinski definition) is 1. The first-order valence-corrected chi connectivity index (χ1v) is 10.6. The zero-order valence-corrected chi connectivity index (χ0v) is 18.3. The van der Waals surface area contributed by atoms with Crippen LogP contribution in [0.2, 0.25) is 0 Å². The quantitative estimate of drug-likeness (QED) is 0.489. The maximum Gasteiger partial charge on any atom is 0.264 e. The number of anilines is 1. The van der Waals surface area contributed by atoms with E-state index in [0.29, 0.717) is 5.75 Å². The number of nitrogens with one attached hydrogen (secondary N) is 1. The Bertz CT molecular complexity index is 1190. The second kappa shape index (κ2) is 7.91. The van der Waals surface area contributed by atoms with Gasteiger partial charge in [-0.3, -0.25) is 10.1 Å². The minimum Gasteiger partial charge on any atom is -0.483 e. The number of carbonyl (C=O) groups is 1. The second-order valence-electron chi connectivity index (χ2n) is 8.20. The van der Waals surface area contributed by atoms with Crippen molar-refractivity contribution in [2.24, 2.45) is 0 Å². The maximum absolute atomic E-state index is 12.4. The van der Waals surface area contributed by atoms with Crippen molar-refractivity contribution >= 4 is 28.2 Å². The van der Waals surface area contributed by atoms with Crippen molar-refractivity contribution in [1.29, 1.82) is 0 Å². The minimum absolute atomic E-state index is 0.0819. The topological polar surface area (TPSA) is 68.5 Å². The Hall–Kier alpha value is -3.19. The fourth-order valence-corrected chi connectivity index (χ4v) is 4.03. The van der Waals surface area contributed by atoms with Crippen molar-refractivity contribution in [3.63, 3.8) is 0 Å². The normalized spacial score (nSPS) is 11.6. The molecule has 0 aliphatic heterocycles. The zero-order chi connectivity index (χ0) is 21.3. The maximum atomic E-state index is 12.4. The van der Waals surface area contributed by atoms with Crippen LogP contribution in [0.5, 0.6) is 5.75 Å². The summed E-state index contributed by atoms with van der Waals surface area (Å²) >= 11 is 1.48. The molecule has 0 fully saturated rings. The van der Waals surface area contributed by atoms with Crippen LogP contribution in [0.15, 0.2) is 53.9 Å². The van der Waals surface area contributed by atoms with Crippen molar-refractivity contribution in [3.8, 4) is 17.0 Å². The van der Waals surface area contributed by atoms with Gasteiger partial charge in [0.15, 0.2) is 6.61 Å². The third-order valence-electron chi connectivity index (χ3n) is 4.70. The molecule has 2 aromatic carbocycles. The van der Waals surface area contributed by atoms with Gasteiger partial charge in [0.25, 0.3) is 11.9 Å². The third-order valence-corrected chi connectivity index (χ3v) is 5.52.